The van der Waals surface area contributed by atoms with Crippen LogP contribution in [0.5, 0.6) is 23.0 Å². The number of hydrogen-bond acceptors (Lipinski definition) is 8. The van der Waals surface area contributed by atoms with Gasteiger partial charge in [-0.25, -0.2) is 4.90 Å². The van der Waals surface area contributed by atoms with Crippen molar-refractivity contribution in [2.24, 2.45) is 0 Å². The Balaban J connectivity index is 1.56. The molecule has 0 unspecified atom stereocenters. The van der Waals surface area contributed by atoms with Gasteiger partial charge in [-0.2, -0.15) is 0 Å². The minimum atomic E-state index is -0.478. The number of methoxy groups -OCH3 is 2. The second-order valence-corrected chi connectivity index (χ2v) is 8.18. The molecule has 2 aliphatic heterocycles. The Morgan fingerprint density at radius 1 is 0.909 bits per heavy atom. The number of ether oxygens (including phenoxy) is 4. The first-order valence-electron chi connectivity index (χ1n) is 10.2. The van der Waals surface area contributed by atoms with Gasteiger partial charge in [0.05, 0.1) is 25.5 Å². The predicted octanol–water partition coefficient (Wildman–Crippen LogP) is 3.93. The highest BCUT2D eigenvalue weighted by atomic mass is 32.1. The molecule has 33 heavy (non-hydrogen) atoms. The largest absolute Gasteiger partial charge is 0.497 e. The van der Waals surface area contributed by atoms with Crippen molar-refractivity contribution in [2.45, 2.75) is 0 Å². The van der Waals surface area contributed by atoms with Crippen LogP contribution in [0.15, 0.2) is 59.6 Å². The van der Waals surface area contributed by atoms with Gasteiger partial charge in [0, 0.05) is 34.8 Å². The van der Waals surface area contributed by atoms with Crippen molar-refractivity contribution in [3.05, 3.63) is 64.5 Å². The van der Waals surface area contributed by atoms with E-state index >= 15 is 0 Å². The molecule has 8 nitrogen and oxygen atoms in total. The molecule has 2 aromatic carbocycles. The smallest absolute Gasteiger partial charge is 0.282 e. The van der Waals surface area contributed by atoms with E-state index in [4.69, 9.17) is 18.9 Å². The number of fused-ring (bicyclic) bond motifs is 1. The first-order chi connectivity index (χ1) is 16.1. The summed E-state index contributed by atoms with van der Waals surface area (Å²) in [6.45, 7) is 0.932. The topological polar surface area (TPSA) is 86.3 Å². The molecule has 3 heterocycles. The van der Waals surface area contributed by atoms with Crippen molar-refractivity contribution >= 4 is 40.1 Å². The van der Waals surface area contributed by atoms with Crippen LogP contribution in [-0.2, 0) is 9.59 Å². The number of thiophene rings is 1. The lowest BCUT2D eigenvalue weighted by Gasteiger charge is -2.19. The van der Waals surface area contributed by atoms with Crippen LogP contribution in [0.3, 0.4) is 0 Å². The van der Waals surface area contributed by atoms with E-state index in [0.29, 0.717) is 58.0 Å². The maximum absolute atomic E-state index is 13.6. The molecule has 5 rings (SSSR count). The first kappa shape index (κ1) is 20.9. The van der Waals surface area contributed by atoms with Gasteiger partial charge < -0.3 is 24.3 Å². The number of nitrogens with one attached hydrogen (secondary N) is 1. The Morgan fingerprint density at radius 3 is 2.30 bits per heavy atom. The Hall–Kier alpha value is -3.98. The summed E-state index contributed by atoms with van der Waals surface area (Å²) in [6.07, 6.45) is 0. The molecule has 0 bridgehead atoms. The molecule has 0 radical (unpaired) electrons. The summed E-state index contributed by atoms with van der Waals surface area (Å²) in [6, 6.07) is 13.9. The highest BCUT2D eigenvalue weighted by molar-refractivity contribution is 7.11. The van der Waals surface area contributed by atoms with Gasteiger partial charge >= 0.3 is 0 Å². The third-order valence-electron chi connectivity index (χ3n) is 5.26. The number of anilines is 2. The lowest BCUT2D eigenvalue weighted by Crippen LogP contribution is -2.32. The third kappa shape index (κ3) is 3.76. The van der Waals surface area contributed by atoms with Crippen molar-refractivity contribution in [2.75, 3.05) is 37.7 Å². The minimum Gasteiger partial charge on any atom is -0.497 e. The first-order valence-corrected chi connectivity index (χ1v) is 11.0. The van der Waals surface area contributed by atoms with Gasteiger partial charge in [-0.05, 0) is 23.6 Å². The van der Waals surface area contributed by atoms with Gasteiger partial charge in [0.1, 0.15) is 30.4 Å². The second-order valence-electron chi connectivity index (χ2n) is 7.23. The van der Waals surface area contributed by atoms with Gasteiger partial charge in [-0.1, -0.05) is 6.07 Å². The fourth-order valence-electron chi connectivity index (χ4n) is 3.72. The minimum absolute atomic E-state index is 0.181. The van der Waals surface area contributed by atoms with E-state index in [2.05, 4.69) is 5.32 Å². The maximum Gasteiger partial charge on any atom is 0.282 e. The van der Waals surface area contributed by atoms with Crippen LogP contribution < -0.4 is 29.2 Å². The summed E-state index contributed by atoms with van der Waals surface area (Å²) in [5, 5.41) is 5.00. The number of benzene rings is 2. The molecule has 0 aliphatic carbocycles. The maximum atomic E-state index is 13.6. The summed E-state index contributed by atoms with van der Waals surface area (Å²) in [7, 11) is 3.02. The fraction of sp³-hybridized carbons (Fsp3) is 0.167. The molecule has 168 valence electrons. The number of rotatable bonds is 6. The van der Waals surface area contributed by atoms with Crippen LogP contribution in [0, 0.1) is 0 Å². The van der Waals surface area contributed by atoms with E-state index in [1.165, 1.54) is 25.6 Å². The van der Waals surface area contributed by atoms with Gasteiger partial charge in [0.2, 0.25) is 0 Å². The van der Waals surface area contributed by atoms with Gasteiger partial charge in [-0.3, -0.25) is 9.59 Å². The zero-order valence-electron chi connectivity index (χ0n) is 17.9. The van der Waals surface area contributed by atoms with Crippen LogP contribution in [0.4, 0.5) is 11.4 Å². The molecule has 1 N–H and O–H groups in total. The molecular weight excluding hydrogens is 444 g/mol. The molecule has 0 atom stereocenters. The molecule has 0 spiro atoms. The molecule has 0 fully saturated rings. The zero-order chi connectivity index (χ0) is 22.9. The van der Waals surface area contributed by atoms with Crippen LogP contribution in [-0.4, -0.2) is 39.2 Å². The molecule has 0 saturated heterocycles. The van der Waals surface area contributed by atoms with E-state index in [-0.39, 0.29) is 5.70 Å². The Labute approximate surface area is 193 Å². The van der Waals surface area contributed by atoms with Crippen LogP contribution in [0.1, 0.15) is 4.88 Å². The number of carbonyl (C=O) groups excluding carboxylic acids is 2. The lowest BCUT2D eigenvalue weighted by atomic mass is 10.1. The van der Waals surface area contributed by atoms with Crippen molar-refractivity contribution in [1.29, 1.82) is 0 Å². The second kappa shape index (κ2) is 8.51. The molecule has 1 aromatic heterocycles. The van der Waals surface area contributed by atoms with Gasteiger partial charge in [0.15, 0.2) is 11.5 Å². The molecule has 9 heteroatoms. The normalized spacial score (nSPS) is 15.2. The Morgan fingerprint density at radius 2 is 1.64 bits per heavy atom. The standard InChI is InChI=1S/C24H20N2O6S/c1-29-16-11-15(12-17(13-16)30-2)26-23(27)21(20-4-3-9-33-20)22(24(26)28)25-14-5-6-18-19(10-14)32-8-7-31-18/h3-6,9-13,25H,7-8H2,1-2H3. The van der Waals surface area contributed by atoms with Crippen molar-refractivity contribution in [3.8, 4) is 23.0 Å². The molecule has 2 aliphatic rings. The summed E-state index contributed by atoms with van der Waals surface area (Å²) < 4.78 is 21.9. The van der Waals surface area contributed by atoms with E-state index in [1.54, 1.807) is 36.4 Å². The van der Waals surface area contributed by atoms with E-state index in [9.17, 15) is 9.59 Å². The quantitative estimate of drug-likeness (QED) is 0.553. The monoisotopic (exact) mass is 464 g/mol. The summed E-state index contributed by atoms with van der Waals surface area (Å²) in [4.78, 5) is 28.9. The van der Waals surface area contributed by atoms with Gasteiger partial charge in [-0.15, -0.1) is 11.3 Å². The van der Waals surface area contributed by atoms with Gasteiger partial charge in [0.25, 0.3) is 11.8 Å². The van der Waals surface area contributed by atoms with Crippen LogP contribution >= 0.6 is 11.3 Å². The predicted molar refractivity (Wildman–Crippen MR) is 124 cm³/mol. The molecule has 0 saturated carbocycles. The van der Waals surface area contributed by atoms with Crippen LogP contribution in [0.2, 0.25) is 0 Å². The number of carbonyl (C=O) groups is 2. The number of amides is 2. The average Bonchev–Trinajstić information content (AvgIpc) is 3.45. The number of nitrogens with zero attached hydrogens (tertiary/aromatic N) is 1. The highest BCUT2D eigenvalue weighted by Gasteiger charge is 2.41. The molecule has 2 amide bonds. The summed E-state index contributed by atoms with van der Waals surface area (Å²) >= 11 is 1.38. The summed E-state index contributed by atoms with van der Waals surface area (Å²) in [5.74, 6) is 1.24. The number of hydrogen-bond donors (Lipinski definition) is 1. The van der Waals surface area contributed by atoms with E-state index < -0.39 is 11.8 Å². The molecule has 3 aromatic rings. The van der Waals surface area contributed by atoms with Crippen LogP contribution in [0.25, 0.3) is 5.57 Å². The Bertz CT molecular complexity index is 1250. The number of imide groups is 1. The van der Waals surface area contributed by atoms with E-state index in [0.717, 1.165) is 4.90 Å². The molecular formula is C24H20N2O6S. The SMILES string of the molecule is COc1cc(OC)cc(N2C(=O)C(Nc3ccc4c(c3)OCCO4)=C(c3cccs3)C2=O)c1. The fourth-order valence-corrected chi connectivity index (χ4v) is 4.48. The van der Waals surface area contributed by atoms with E-state index in [1.807, 2.05) is 17.5 Å². The highest BCUT2D eigenvalue weighted by Crippen LogP contribution is 2.39. The van der Waals surface area contributed by atoms with Crippen molar-refractivity contribution < 1.29 is 28.5 Å². The average molecular weight is 464 g/mol. The summed E-state index contributed by atoms with van der Waals surface area (Å²) in [5.41, 5.74) is 1.44. The lowest BCUT2D eigenvalue weighted by molar-refractivity contribution is -0.120. The van der Waals surface area contributed by atoms with Crippen molar-refractivity contribution in [3.63, 3.8) is 0 Å². The van der Waals surface area contributed by atoms with Crippen molar-refractivity contribution in [1.82, 2.24) is 0 Å². The zero-order valence-corrected chi connectivity index (χ0v) is 18.7. The third-order valence-corrected chi connectivity index (χ3v) is 6.14. The Kier molecular flexibility index (Phi) is 5.39.